The predicted octanol–water partition coefficient (Wildman–Crippen LogP) is 3.47. The summed E-state index contributed by atoms with van der Waals surface area (Å²) in [5.74, 6) is 0.279. The Morgan fingerprint density at radius 1 is 1.24 bits per heavy atom. The quantitative estimate of drug-likeness (QED) is 0.717. The van der Waals surface area contributed by atoms with Crippen molar-refractivity contribution in [2.75, 3.05) is 10.5 Å². The summed E-state index contributed by atoms with van der Waals surface area (Å²) in [7, 11) is -2.03. The zero-order valence-electron chi connectivity index (χ0n) is 11.9. The van der Waals surface area contributed by atoms with Crippen molar-refractivity contribution < 1.29 is 16.8 Å². The number of anilines is 1. The Bertz CT molecular complexity index is 730. The van der Waals surface area contributed by atoms with Crippen LogP contribution in [0.25, 0.3) is 0 Å². The van der Waals surface area contributed by atoms with Crippen LogP contribution in [-0.4, -0.2) is 22.6 Å². The van der Waals surface area contributed by atoms with Gasteiger partial charge in [0.15, 0.2) is 0 Å². The molecule has 0 saturated heterocycles. The van der Waals surface area contributed by atoms with Crippen molar-refractivity contribution in [1.82, 2.24) is 0 Å². The fraction of sp³-hybridized carbons (Fsp3) is 0.500. The van der Waals surface area contributed by atoms with E-state index in [1.165, 1.54) is 12.1 Å². The molecule has 1 rings (SSSR count). The number of halogens is 2. The van der Waals surface area contributed by atoms with Crippen LogP contribution in [0.2, 0.25) is 0 Å². The highest BCUT2D eigenvalue weighted by Gasteiger charge is 2.19. The van der Waals surface area contributed by atoms with E-state index in [2.05, 4.69) is 20.7 Å². The zero-order chi connectivity index (χ0) is 16.4. The molecule has 0 radical (unpaired) electrons. The first kappa shape index (κ1) is 18.7. The summed E-state index contributed by atoms with van der Waals surface area (Å²) in [5, 5.41) is 0. The van der Waals surface area contributed by atoms with Crippen LogP contribution in [0.15, 0.2) is 21.5 Å². The van der Waals surface area contributed by atoms with Gasteiger partial charge in [0, 0.05) is 15.2 Å². The van der Waals surface area contributed by atoms with Crippen LogP contribution in [0.1, 0.15) is 25.8 Å². The highest BCUT2D eigenvalue weighted by molar-refractivity contribution is 9.10. The van der Waals surface area contributed by atoms with Gasteiger partial charge in [-0.3, -0.25) is 4.72 Å². The maximum absolute atomic E-state index is 12.0. The van der Waals surface area contributed by atoms with E-state index < -0.39 is 19.1 Å². The smallest absolute Gasteiger partial charge is 0.261 e. The van der Waals surface area contributed by atoms with Crippen molar-refractivity contribution in [3.63, 3.8) is 0 Å². The normalized spacial score (nSPS) is 12.7. The van der Waals surface area contributed by atoms with Gasteiger partial charge in [-0.15, -0.1) is 0 Å². The standard InChI is InChI=1S/C12H17BrClNO4S2/c1-8(2)4-5-20(16,17)15-11-6-9(3)12(7-10(11)13)21(14,18)19/h6-8,15H,4-5H2,1-3H3. The third-order valence-corrected chi connectivity index (χ3v) is 6.18. The second-order valence-corrected chi connectivity index (χ2v) is 10.4. The first-order chi connectivity index (χ1) is 9.42. The van der Waals surface area contributed by atoms with Crippen molar-refractivity contribution in [3.8, 4) is 0 Å². The molecular formula is C12H17BrClNO4S2. The number of hydrogen-bond donors (Lipinski definition) is 1. The molecule has 21 heavy (non-hydrogen) atoms. The van der Waals surface area contributed by atoms with Crippen LogP contribution in [0.5, 0.6) is 0 Å². The van der Waals surface area contributed by atoms with Gasteiger partial charge in [0.25, 0.3) is 9.05 Å². The molecule has 0 heterocycles. The number of sulfonamides is 1. The fourth-order valence-electron chi connectivity index (χ4n) is 1.61. The second kappa shape index (κ2) is 6.85. The maximum atomic E-state index is 12.0. The Hall–Kier alpha value is -0.310. The predicted molar refractivity (Wildman–Crippen MR) is 88.8 cm³/mol. The summed E-state index contributed by atoms with van der Waals surface area (Å²) in [4.78, 5) is -0.0545. The van der Waals surface area contributed by atoms with E-state index in [0.29, 0.717) is 22.1 Å². The van der Waals surface area contributed by atoms with E-state index in [0.717, 1.165) is 0 Å². The van der Waals surface area contributed by atoms with Crippen molar-refractivity contribution in [2.45, 2.75) is 32.1 Å². The molecular weight excluding hydrogens is 402 g/mol. The third kappa shape index (κ3) is 5.77. The summed E-state index contributed by atoms with van der Waals surface area (Å²) in [5.41, 5.74) is 0.662. The van der Waals surface area contributed by atoms with Gasteiger partial charge < -0.3 is 0 Å². The minimum absolute atomic E-state index is 0.00567. The average Bonchev–Trinajstić information content (AvgIpc) is 2.29. The Kier molecular flexibility index (Phi) is 6.11. The summed E-state index contributed by atoms with van der Waals surface area (Å²) >= 11 is 3.16. The summed E-state index contributed by atoms with van der Waals surface area (Å²) < 4.78 is 49.5. The number of hydrogen-bond acceptors (Lipinski definition) is 4. The number of nitrogens with one attached hydrogen (secondary N) is 1. The molecule has 0 aliphatic heterocycles. The lowest BCUT2D eigenvalue weighted by Crippen LogP contribution is -2.18. The Morgan fingerprint density at radius 2 is 1.81 bits per heavy atom. The molecule has 0 amide bonds. The van der Waals surface area contributed by atoms with Gasteiger partial charge in [-0.05, 0) is 52.9 Å². The molecule has 1 N–H and O–H groups in total. The Balaban J connectivity index is 3.09. The topological polar surface area (TPSA) is 80.3 Å². The molecule has 0 unspecified atom stereocenters. The van der Waals surface area contributed by atoms with Crippen LogP contribution in [-0.2, 0) is 19.1 Å². The van der Waals surface area contributed by atoms with Gasteiger partial charge in [0.05, 0.1) is 16.3 Å². The van der Waals surface area contributed by atoms with Gasteiger partial charge >= 0.3 is 0 Å². The van der Waals surface area contributed by atoms with Crippen molar-refractivity contribution in [3.05, 3.63) is 22.2 Å². The SMILES string of the molecule is Cc1cc(NS(=O)(=O)CCC(C)C)c(Br)cc1S(=O)(=O)Cl. The Labute approximate surface area is 138 Å². The molecule has 0 aromatic heterocycles. The van der Waals surface area contributed by atoms with Crippen molar-refractivity contribution >= 4 is 51.4 Å². The lowest BCUT2D eigenvalue weighted by molar-refractivity contribution is 0.578. The molecule has 1 aromatic rings. The van der Waals surface area contributed by atoms with E-state index in [4.69, 9.17) is 10.7 Å². The molecule has 0 atom stereocenters. The van der Waals surface area contributed by atoms with Gasteiger partial charge in [-0.2, -0.15) is 0 Å². The first-order valence-electron chi connectivity index (χ1n) is 6.17. The van der Waals surface area contributed by atoms with E-state index in [1.54, 1.807) is 6.92 Å². The minimum atomic E-state index is -3.87. The lowest BCUT2D eigenvalue weighted by Gasteiger charge is -2.13. The molecule has 0 spiro atoms. The van der Waals surface area contributed by atoms with E-state index in [9.17, 15) is 16.8 Å². The molecule has 1 aromatic carbocycles. The van der Waals surface area contributed by atoms with Crippen LogP contribution in [0.3, 0.4) is 0 Å². The molecule has 9 heteroatoms. The minimum Gasteiger partial charge on any atom is -0.282 e. The monoisotopic (exact) mass is 417 g/mol. The Morgan fingerprint density at radius 3 is 2.29 bits per heavy atom. The first-order valence-corrected chi connectivity index (χ1v) is 10.9. The van der Waals surface area contributed by atoms with Crippen LogP contribution >= 0.6 is 26.6 Å². The lowest BCUT2D eigenvalue weighted by atomic mass is 10.2. The van der Waals surface area contributed by atoms with Crippen LogP contribution in [0.4, 0.5) is 5.69 Å². The highest BCUT2D eigenvalue weighted by Crippen LogP contribution is 2.31. The largest absolute Gasteiger partial charge is 0.282 e. The zero-order valence-corrected chi connectivity index (χ0v) is 15.8. The van der Waals surface area contributed by atoms with Gasteiger partial charge in [-0.1, -0.05) is 13.8 Å². The fourth-order valence-corrected chi connectivity index (χ4v) is 4.93. The molecule has 0 aliphatic rings. The van der Waals surface area contributed by atoms with Crippen molar-refractivity contribution in [2.24, 2.45) is 5.92 Å². The van der Waals surface area contributed by atoms with Crippen LogP contribution in [0, 0.1) is 12.8 Å². The number of benzene rings is 1. The molecule has 120 valence electrons. The molecule has 5 nitrogen and oxygen atoms in total. The average molecular weight is 419 g/mol. The summed E-state index contributed by atoms with van der Waals surface area (Å²) in [6, 6.07) is 2.73. The number of aryl methyl sites for hydroxylation is 1. The van der Waals surface area contributed by atoms with Crippen LogP contribution < -0.4 is 4.72 Å². The second-order valence-electron chi connectivity index (χ2n) is 5.14. The summed E-state index contributed by atoms with van der Waals surface area (Å²) in [6.07, 6.45) is 0.542. The van der Waals surface area contributed by atoms with E-state index in [1.807, 2.05) is 13.8 Å². The molecule has 0 saturated carbocycles. The molecule has 0 aliphatic carbocycles. The third-order valence-electron chi connectivity index (χ3n) is 2.76. The maximum Gasteiger partial charge on any atom is 0.261 e. The molecule has 0 bridgehead atoms. The van der Waals surface area contributed by atoms with Gasteiger partial charge in [0.1, 0.15) is 0 Å². The summed E-state index contributed by atoms with van der Waals surface area (Å²) in [6.45, 7) is 5.43. The highest BCUT2D eigenvalue weighted by atomic mass is 79.9. The van der Waals surface area contributed by atoms with E-state index in [-0.39, 0.29) is 16.6 Å². The number of rotatable bonds is 6. The van der Waals surface area contributed by atoms with Gasteiger partial charge in [0.2, 0.25) is 10.0 Å². The van der Waals surface area contributed by atoms with Crippen molar-refractivity contribution in [1.29, 1.82) is 0 Å². The van der Waals surface area contributed by atoms with E-state index >= 15 is 0 Å². The van der Waals surface area contributed by atoms with Gasteiger partial charge in [-0.25, -0.2) is 16.8 Å². The molecule has 0 fully saturated rings.